The molecule has 0 aliphatic rings. The van der Waals surface area contributed by atoms with E-state index in [0.29, 0.717) is 6.42 Å². The van der Waals surface area contributed by atoms with Gasteiger partial charge in [0.1, 0.15) is 6.10 Å². The molecule has 1 atom stereocenters. The molecule has 1 N–H and O–H groups in total. The first-order valence-corrected chi connectivity index (χ1v) is 2.98. The highest BCUT2D eigenvalue weighted by Gasteiger charge is 1.93. The van der Waals surface area contributed by atoms with Gasteiger partial charge < -0.3 is 9.84 Å². The first kappa shape index (κ1) is 8.99. The van der Waals surface area contributed by atoms with Crippen molar-refractivity contribution in [1.82, 2.24) is 0 Å². The van der Waals surface area contributed by atoms with Crippen LogP contribution in [0.4, 0.5) is 0 Å². The summed E-state index contributed by atoms with van der Waals surface area (Å²) in [6.07, 6.45) is -0.205. The number of aliphatic hydroxyl groups excluding tert-OH is 1. The van der Waals surface area contributed by atoms with Gasteiger partial charge in [-0.05, 0) is 6.42 Å². The van der Waals surface area contributed by atoms with Gasteiger partial charge >= 0.3 is 5.97 Å². The minimum Gasteiger partial charge on any atom is -0.459 e. The molecular formula is C7H10O3. The van der Waals surface area contributed by atoms with Gasteiger partial charge in [0.05, 0.1) is 7.11 Å². The van der Waals surface area contributed by atoms with Gasteiger partial charge in [-0.1, -0.05) is 12.8 Å². The molecule has 0 aromatic rings. The first-order valence-electron chi connectivity index (χ1n) is 2.98. The van der Waals surface area contributed by atoms with Gasteiger partial charge in [-0.15, -0.1) is 0 Å². The Labute approximate surface area is 60.0 Å². The fourth-order valence-corrected chi connectivity index (χ4v) is 0.295. The molecule has 3 nitrogen and oxygen atoms in total. The van der Waals surface area contributed by atoms with E-state index in [1.165, 1.54) is 7.11 Å². The molecule has 0 aromatic carbocycles. The second kappa shape index (κ2) is 4.83. The van der Waals surface area contributed by atoms with E-state index in [-0.39, 0.29) is 0 Å². The summed E-state index contributed by atoms with van der Waals surface area (Å²) in [5.41, 5.74) is 0. The Bertz CT molecular complexity index is 163. The molecular weight excluding hydrogens is 132 g/mol. The Hall–Kier alpha value is -1.01. The quantitative estimate of drug-likeness (QED) is 0.317. The van der Waals surface area contributed by atoms with Crippen LogP contribution in [0.1, 0.15) is 13.3 Å². The maximum absolute atomic E-state index is 10.3. The van der Waals surface area contributed by atoms with Gasteiger partial charge in [-0.25, -0.2) is 4.79 Å². The van der Waals surface area contributed by atoms with Crippen LogP contribution < -0.4 is 0 Å². The van der Waals surface area contributed by atoms with Gasteiger partial charge in [-0.2, -0.15) is 0 Å². The molecule has 0 saturated heterocycles. The normalized spacial score (nSPS) is 11.1. The molecule has 0 bridgehead atoms. The highest BCUT2D eigenvalue weighted by Crippen LogP contribution is 1.84. The predicted octanol–water partition coefficient (Wildman–Crippen LogP) is -0.0663. The van der Waals surface area contributed by atoms with Crippen LogP contribution in [0.15, 0.2) is 0 Å². The zero-order valence-electron chi connectivity index (χ0n) is 6.05. The molecule has 0 rings (SSSR count). The molecule has 0 aromatic heterocycles. The first-order chi connectivity index (χ1) is 4.70. The predicted molar refractivity (Wildman–Crippen MR) is 36.1 cm³/mol. The van der Waals surface area contributed by atoms with E-state index in [4.69, 9.17) is 5.11 Å². The van der Waals surface area contributed by atoms with Crippen LogP contribution in [0.3, 0.4) is 0 Å². The van der Waals surface area contributed by atoms with Crippen molar-refractivity contribution in [3.8, 4) is 11.8 Å². The van der Waals surface area contributed by atoms with Crippen molar-refractivity contribution in [3.05, 3.63) is 0 Å². The third-order valence-electron chi connectivity index (χ3n) is 0.913. The van der Waals surface area contributed by atoms with E-state index in [0.717, 1.165) is 0 Å². The van der Waals surface area contributed by atoms with Crippen molar-refractivity contribution in [2.24, 2.45) is 0 Å². The number of aliphatic hydroxyl groups is 1. The smallest absolute Gasteiger partial charge is 0.384 e. The van der Waals surface area contributed by atoms with Crippen LogP contribution in [0.5, 0.6) is 0 Å². The van der Waals surface area contributed by atoms with Crippen molar-refractivity contribution in [3.63, 3.8) is 0 Å². The SMILES string of the molecule is CCC(O)C#CC(=O)OC. The third-order valence-corrected chi connectivity index (χ3v) is 0.913. The lowest BCUT2D eigenvalue weighted by molar-refractivity contribution is -0.133. The molecule has 0 fully saturated rings. The Kier molecular flexibility index (Phi) is 4.34. The van der Waals surface area contributed by atoms with Crippen molar-refractivity contribution >= 4 is 5.97 Å². The largest absolute Gasteiger partial charge is 0.459 e. The number of ether oxygens (including phenoxy) is 1. The fraction of sp³-hybridized carbons (Fsp3) is 0.571. The van der Waals surface area contributed by atoms with Crippen LogP contribution in [0.2, 0.25) is 0 Å². The lowest BCUT2D eigenvalue weighted by atomic mass is 10.3. The number of methoxy groups -OCH3 is 1. The van der Waals surface area contributed by atoms with Gasteiger partial charge in [0.15, 0.2) is 0 Å². The standard InChI is InChI=1S/C7H10O3/c1-3-6(8)4-5-7(9)10-2/h6,8H,3H2,1-2H3. The molecule has 0 heterocycles. The number of esters is 1. The zero-order chi connectivity index (χ0) is 7.98. The van der Waals surface area contributed by atoms with E-state index in [9.17, 15) is 4.79 Å². The average Bonchev–Trinajstić information content (AvgIpc) is 1.99. The summed E-state index contributed by atoms with van der Waals surface area (Å²) < 4.78 is 4.22. The Balaban J connectivity index is 3.78. The summed E-state index contributed by atoms with van der Waals surface area (Å²) in [6, 6.07) is 0. The van der Waals surface area contributed by atoms with Crippen LogP contribution >= 0.6 is 0 Å². The maximum Gasteiger partial charge on any atom is 0.384 e. The molecule has 0 radical (unpaired) electrons. The van der Waals surface area contributed by atoms with Gasteiger partial charge in [0.25, 0.3) is 0 Å². The summed E-state index contributed by atoms with van der Waals surface area (Å²) in [6.45, 7) is 1.77. The van der Waals surface area contributed by atoms with Crippen molar-refractivity contribution < 1.29 is 14.6 Å². The lowest BCUT2D eigenvalue weighted by Gasteiger charge is -1.92. The Morgan fingerprint density at radius 3 is 2.80 bits per heavy atom. The van der Waals surface area contributed by atoms with Crippen LogP contribution in [0, 0.1) is 11.8 Å². The molecule has 0 aliphatic carbocycles. The fourth-order valence-electron chi connectivity index (χ4n) is 0.295. The highest BCUT2D eigenvalue weighted by molar-refractivity contribution is 5.88. The number of carbonyl (C=O) groups excluding carboxylic acids is 1. The Morgan fingerprint density at radius 2 is 2.40 bits per heavy atom. The number of carbonyl (C=O) groups is 1. The number of hydrogen-bond donors (Lipinski definition) is 1. The van der Waals surface area contributed by atoms with Gasteiger partial charge in [0.2, 0.25) is 0 Å². The molecule has 56 valence electrons. The van der Waals surface area contributed by atoms with E-state index < -0.39 is 12.1 Å². The molecule has 3 heteroatoms. The zero-order valence-corrected chi connectivity index (χ0v) is 6.05. The second-order valence-electron chi connectivity index (χ2n) is 1.68. The highest BCUT2D eigenvalue weighted by atomic mass is 16.5. The van der Waals surface area contributed by atoms with Crippen LogP contribution in [-0.4, -0.2) is 24.3 Å². The van der Waals surface area contributed by atoms with E-state index >= 15 is 0 Å². The van der Waals surface area contributed by atoms with Crippen molar-refractivity contribution in [2.45, 2.75) is 19.4 Å². The molecule has 0 spiro atoms. The molecule has 0 saturated carbocycles. The van der Waals surface area contributed by atoms with E-state index in [2.05, 4.69) is 16.6 Å². The monoisotopic (exact) mass is 142 g/mol. The van der Waals surface area contributed by atoms with Gasteiger partial charge in [0, 0.05) is 5.92 Å². The molecule has 10 heavy (non-hydrogen) atoms. The lowest BCUT2D eigenvalue weighted by Crippen LogP contribution is -2.02. The van der Waals surface area contributed by atoms with E-state index in [1.807, 2.05) is 0 Å². The number of hydrogen-bond acceptors (Lipinski definition) is 3. The average molecular weight is 142 g/mol. The van der Waals surface area contributed by atoms with Crippen LogP contribution in [-0.2, 0) is 9.53 Å². The topological polar surface area (TPSA) is 46.5 Å². The van der Waals surface area contributed by atoms with E-state index in [1.54, 1.807) is 6.92 Å². The van der Waals surface area contributed by atoms with Crippen LogP contribution in [0.25, 0.3) is 0 Å². The summed E-state index contributed by atoms with van der Waals surface area (Å²) in [7, 11) is 1.25. The van der Waals surface area contributed by atoms with Gasteiger partial charge in [-0.3, -0.25) is 0 Å². The Morgan fingerprint density at radius 1 is 1.80 bits per heavy atom. The maximum atomic E-state index is 10.3. The summed E-state index contributed by atoms with van der Waals surface area (Å²) in [5.74, 6) is 3.82. The molecule has 1 unspecified atom stereocenters. The van der Waals surface area contributed by atoms with Crippen molar-refractivity contribution in [1.29, 1.82) is 0 Å². The third kappa shape index (κ3) is 3.93. The number of rotatable bonds is 1. The van der Waals surface area contributed by atoms with Crippen molar-refractivity contribution in [2.75, 3.05) is 7.11 Å². The summed E-state index contributed by atoms with van der Waals surface area (Å²) in [5, 5.41) is 8.82. The summed E-state index contributed by atoms with van der Waals surface area (Å²) in [4.78, 5) is 10.3. The second-order valence-corrected chi connectivity index (χ2v) is 1.68. The molecule has 0 aliphatic heterocycles. The minimum atomic E-state index is -0.723. The summed E-state index contributed by atoms with van der Waals surface area (Å²) >= 11 is 0. The minimum absolute atomic E-state index is 0.518. The molecule has 0 amide bonds.